The van der Waals surface area contributed by atoms with Gasteiger partial charge in [0.05, 0.1) is 18.8 Å². The van der Waals surface area contributed by atoms with Gasteiger partial charge in [-0.3, -0.25) is 4.79 Å². The Morgan fingerprint density at radius 1 is 0.471 bits per heavy atom. The molecule has 0 aliphatic heterocycles. The van der Waals surface area contributed by atoms with Crippen LogP contribution in [-0.2, 0) is 4.79 Å². The molecule has 0 aliphatic carbocycles. The SMILES string of the molecule is CCCCCCC/C=C\C/C=C\CCCCCCCCCCCCCCCCCC(=O)NC(CO)C(O)/C=C/CC/C=C/CCCCCCCC. The van der Waals surface area contributed by atoms with Crippen LogP contribution in [-0.4, -0.2) is 34.9 Å². The summed E-state index contributed by atoms with van der Waals surface area (Å²) in [5.41, 5.74) is 0. The van der Waals surface area contributed by atoms with Gasteiger partial charge >= 0.3 is 0 Å². The van der Waals surface area contributed by atoms with Crippen LogP contribution in [0.3, 0.4) is 0 Å². The molecule has 0 spiro atoms. The summed E-state index contributed by atoms with van der Waals surface area (Å²) in [4.78, 5) is 12.4. The first-order chi connectivity index (χ1) is 25.2. The van der Waals surface area contributed by atoms with Gasteiger partial charge in [0.25, 0.3) is 0 Å². The number of carbonyl (C=O) groups excluding carboxylic acids is 1. The molecule has 0 saturated heterocycles. The molecule has 0 aromatic carbocycles. The largest absolute Gasteiger partial charge is 0.394 e. The van der Waals surface area contributed by atoms with E-state index in [2.05, 4.69) is 55.6 Å². The molecule has 298 valence electrons. The summed E-state index contributed by atoms with van der Waals surface area (Å²) in [6, 6.07) is -0.637. The quantitative estimate of drug-likeness (QED) is 0.0437. The molecule has 4 heteroatoms. The molecule has 0 saturated carbocycles. The van der Waals surface area contributed by atoms with Crippen molar-refractivity contribution >= 4 is 5.91 Å². The monoisotopic (exact) mass is 714 g/mol. The summed E-state index contributed by atoms with van der Waals surface area (Å²) in [6.45, 7) is 4.27. The van der Waals surface area contributed by atoms with Crippen LogP contribution in [0.1, 0.15) is 226 Å². The highest BCUT2D eigenvalue weighted by molar-refractivity contribution is 5.76. The van der Waals surface area contributed by atoms with Gasteiger partial charge in [0, 0.05) is 6.42 Å². The minimum absolute atomic E-state index is 0.0752. The normalized spacial score (nSPS) is 13.4. The highest BCUT2D eigenvalue weighted by atomic mass is 16.3. The van der Waals surface area contributed by atoms with E-state index >= 15 is 0 Å². The van der Waals surface area contributed by atoms with Crippen molar-refractivity contribution in [3.05, 3.63) is 48.6 Å². The van der Waals surface area contributed by atoms with Gasteiger partial charge in [-0.15, -0.1) is 0 Å². The Hall–Kier alpha value is -1.65. The number of aliphatic hydroxyl groups is 2. The third-order valence-electron chi connectivity index (χ3n) is 10.0. The van der Waals surface area contributed by atoms with Crippen LogP contribution in [0.5, 0.6) is 0 Å². The highest BCUT2D eigenvalue weighted by Gasteiger charge is 2.17. The lowest BCUT2D eigenvalue weighted by molar-refractivity contribution is -0.123. The first-order valence-corrected chi connectivity index (χ1v) is 22.4. The van der Waals surface area contributed by atoms with Crippen LogP contribution in [0.25, 0.3) is 0 Å². The molecule has 51 heavy (non-hydrogen) atoms. The van der Waals surface area contributed by atoms with Crippen molar-refractivity contribution in [2.24, 2.45) is 0 Å². The van der Waals surface area contributed by atoms with Gasteiger partial charge in [-0.2, -0.15) is 0 Å². The molecule has 2 atom stereocenters. The highest BCUT2D eigenvalue weighted by Crippen LogP contribution is 2.15. The van der Waals surface area contributed by atoms with Crippen LogP contribution in [0.15, 0.2) is 48.6 Å². The van der Waals surface area contributed by atoms with Crippen molar-refractivity contribution in [2.75, 3.05) is 6.61 Å². The van der Waals surface area contributed by atoms with Gasteiger partial charge in [-0.25, -0.2) is 0 Å². The van der Waals surface area contributed by atoms with Crippen molar-refractivity contribution < 1.29 is 15.0 Å². The third-order valence-corrected chi connectivity index (χ3v) is 10.0. The molecule has 0 rings (SSSR count). The summed E-state index contributed by atoms with van der Waals surface area (Å²) in [7, 11) is 0. The second kappa shape index (κ2) is 42.8. The molecule has 0 aliphatic rings. The number of carbonyl (C=O) groups is 1. The molecule has 0 fully saturated rings. The van der Waals surface area contributed by atoms with E-state index in [4.69, 9.17) is 0 Å². The number of unbranched alkanes of at least 4 members (excludes halogenated alkanes) is 27. The van der Waals surface area contributed by atoms with E-state index in [1.807, 2.05) is 6.08 Å². The Bertz CT molecular complexity index is 816. The number of aliphatic hydroxyl groups excluding tert-OH is 2. The van der Waals surface area contributed by atoms with Crippen LogP contribution in [0.2, 0.25) is 0 Å². The molecule has 2 unspecified atom stereocenters. The maximum atomic E-state index is 12.4. The molecule has 0 aromatic heterocycles. The van der Waals surface area contributed by atoms with Gasteiger partial charge in [-0.05, 0) is 64.2 Å². The van der Waals surface area contributed by atoms with Crippen molar-refractivity contribution in [3.8, 4) is 0 Å². The van der Waals surface area contributed by atoms with Crippen LogP contribution in [0.4, 0.5) is 0 Å². The molecule has 0 aromatic rings. The fraction of sp³-hybridized carbons (Fsp3) is 0.809. The maximum Gasteiger partial charge on any atom is 0.220 e. The van der Waals surface area contributed by atoms with Crippen molar-refractivity contribution in [1.82, 2.24) is 5.32 Å². The number of hydrogen-bond donors (Lipinski definition) is 3. The third kappa shape index (κ3) is 39.4. The Balaban J connectivity index is 3.52. The summed E-state index contributed by atoms with van der Waals surface area (Å²) >= 11 is 0. The van der Waals surface area contributed by atoms with E-state index in [0.29, 0.717) is 6.42 Å². The van der Waals surface area contributed by atoms with E-state index in [0.717, 1.165) is 38.5 Å². The van der Waals surface area contributed by atoms with E-state index in [1.165, 1.54) is 167 Å². The molecule has 1 amide bonds. The average Bonchev–Trinajstić information content (AvgIpc) is 3.13. The zero-order valence-corrected chi connectivity index (χ0v) is 34.1. The molecule has 0 radical (unpaired) electrons. The first kappa shape index (κ1) is 49.4. The van der Waals surface area contributed by atoms with Crippen LogP contribution < -0.4 is 5.32 Å². The minimum Gasteiger partial charge on any atom is -0.394 e. The topological polar surface area (TPSA) is 69.6 Å². The van der Waals surface area contributed by atoms with Gasteiger partial charge in [0.1, 0.15) is 0 Å². The fourth-order valence-electron chi connectivity index (χ4n) is 6.58. The van der Waals surface area contributed by atoms with E-state index < -0.39 is 12.1 Å². The average molecular weight is 714 g/mol. The Labute approximate surface area is 318 Å². The lowest BCUT2D eigenvalue weighted by Gasteiger charge is -2.19. The van der Waals surface area contributed by atoms with Gasteiger partial charge in [0.15, 0.2) is 0 Å². The summed E-state index contributed by atoms with van der Waals surface area (Å²) in [6.07, 6.45) is 58.0. The lowest BCUT2D eigenvalue weighted by atomic mass is 10.0. The Kier molecular flexibility index (Phi) is 41.4. The maximum absolute atomic E-state index is 12.4. The molecule has 0 heterocycles. The predicted molar refractivity (Wildman–Crippen MR) is 225 cm³/mol. The standard InChI is InChI=1S/C47H87NO3/c1-3-5-7-9-11-13-15-17-18-19-20-21-22-23-24-25-26-27-28-29-30-31-33-35-37-39-41-43-47(51)48-45(44-49)46(50)42-40-38-36-34-32-16-14-12-10-8-6-4-2/h15,17,19-20,32,34,40,42,45-46,49-50H,3-14,16,18,21-31,33,35-39,41,43-44H2,1-2H3,(H,48,51)/b17-15-,20-19-,34-32+,42-40+. The van der Waals surface area contributed by atoms with Crippen LogP contribution in [0, 0.1) is 0 Å². The van der Waals surface area contributed by atoms with E-state index in [9.17, 15) is 15.0 Å². The van der Waals surface area contributed by atoms with Gasteiger partial charge < -0.3 is 15.5 Å². The second-order valence-electron chi connectivity index (χ2n) is 15.1. The fourth-order valence-corrected chi connectivity index (χ4v) is 6.58. The summed E-state index contributed by atoms with van der Waals surface area (Å²) < 4.78 is 0. The number of nitrogens with one attached hydrogen (secondary N) is 1. The Morgan fingerprint density at radius 2 is 0.824 bits per heavy atom. The van der Waals surface area contributed by atoms with Gasteiger partial charge in [-0.1, -0.05) is 204 Å². The number of allylic oxidation sites excluding steroid dienone is 7. The molecular weight excluding hydrogens is 627 g/mol. The first-order valence-electron chi connectivity index (χ1n) is 22.4. The van der Waals surface area contributed by atoms with Crippen LogP contribution >= 0.6 is 0 Å². The summed E-state index contributed by atoms with van der Waals surface area (Å²) in [5, 5.41) is 22.9. The van der Waals surface area contributed by atoms with E-state index in [1.54, 1.807) is 6.08 Å². The van der Waals surface area contributed by atoms with E-state index in [-0.39, 0.29) is 12.5 Å². The number of rotatable bonds is 40. The van der Waals surface area contributed by atoms with Gasteiger partial charge in [0.2, 0.25) is 5.91 Å². The zero-order valence-electron chi connectivity index (χ0n) is 34.1. The molecule has 4 nitrogen and oxygen atoms in total. The van der Waals surface area contributed by atoms with Crippen molar-refractivity contribution in [2.45, 2.75) is 238 Å². The number of hydrogen-bond acceptors (Lipinski definition) is 3. The lowest BCUT2D eigenvalue weighted by Crippen LogP contribution is -2.45. The predicted octanol–water partition coefficient (Wildman–Crippen LogP) is 14.0. The second-order valence-corrected chi connectivity index (χ2v) is 15.1. The minimum atomic E-state index is -0.860. The smallest absolute Gasteiger partial charge is 0.220 e. The number of amides is 1. The molecule has 0 bridgehead atoms. The van der Waals surface area contributed by atoms with Crippen molar-refractivity contribution in [3.63, 3.8) is 0 Å². The van der Waals surface area contributed by atoms with Crippen molar-refractivity contribution in [1.29, 1.82) is 0 Å². The molecular formula is C47H87NO3. The zero-order chi connectivity index (χ0) is 37.1. The molecule has 3 N–H and O–H groups in total. The summed E-state index contributed by atoms with van der Waals surface area (Å²) in [5.74, 6) is -0.0752. The Morgan fingerprint density at radius 3 is 1.25 bits per heavy atom.